The van der Waals surface area contributed by atoms with Gasteiger partial charge in [-0.05, 0) is 73.0 Å². The van der Waals surface area contributed by atoms with Crippen LogP contribution in [0.15, 0.2) is 11.6 Å². The van der Waals surface area contributed by atoms with Crippen LogP contribution in [0, 0.1) is 34.5 Å². The fourth-order valence-corrected chi connectivity index (χ4v) is 6.75. The van der Waals surface area contributed by atoms with Crippen LogP contribution < -0.4 is 0 Å². The van der Waals surface area contributed by atoms with E-state index in [4.69, 9.17) is 0 Å². The van der Waals surface area contributed by atoms with Crippen LogP contribution >= 0.6 is 0 Å². The second kappa shape index (κ2) is 5.41. The van der Waals surface area contributed by atoms with E-state index >= 15 is 0 Å². The molecule has 1 nitrogen and oxygen atoms in total. The Kier molecular flexibility index (Phi) is 4.01. The van der Waals surface area contributed by atoms with Crippen molar-refractivity contribution in [3.05, 3.63) is 11.6 Å². The van der Waals surface area contributed by atoms with Gasteiger partial charge in [0.2, 0.25) is 0 Å². The topological polar surface area (TPSA) is 20.2 Å². The molecule has 0 saturated heterocycles. The first-order chi connectivity index (χ1) is 9.90. The van der Waals surface area contributed by atoms with Gasteiger partial charge in [0.1, 0.15) is 0 Å². The Morgan fingerprint density at radius 1 is 1.14 bits per heavy atom. The lowest BCUT2D eigenvalue weighted by Crippen LogP contribution is -2.53. The van der Waals surface area contributed by atoms with Gasteiger partial charge in [-0.15, -0.1) is 0 Å². The molecule has 21 heavy (non-hydrogen) atoms. The zero-order valence-electron chi connectivity index (χ0n) is 14.5. The van der Waals surface area contributed by atoms with E-state index in [2.05, 4.69) is 33.8 Å². The van der Waals surface area contributed by atoms with Crippen LogP contribution in [0.1, 0.15) is 72.6 Å². The maximum Gasteiger partial charge on any atom is 0.0615 e. The molecule has 0 spiro atoms. The Morgan fingerprint density at radius 2 is 1.90 bits per heavy atom. The molecule has 0 amide bonds. The van der Waals surface area contributed by atoms with Crippen molar-refractivity contribution in [3.8, 4) is 0 Å². The summed E-state index contributed by atoms with van der Waals surface area (Å²) >= 11 is 0. The molecular formula is C20H34O. The first kappa shape index (κ1) is 15.6. The predicted molar refractivity (Wildman–Crippen MR) is 89.0 cm³/mol. The Morgan fingerprint density at radius 3 is 2.62 bits per heavy atom. The molecule has 1 heteroatoms. The van der Waals surface area contributed by atoms with Gasteiger partial charge in [-0.2, -0.15) is 0 Å². The van der Waals surface area contributed by atoms with Crippen LogP contribution in [0.5, 0.6) is 0 Å². The molecule has 3 rings (SSSR count). The minimum absolute atomic E-state index is 0.226. The molecular weight excluding hydrogens is 256 g/mol. The average molecular weight is 290 g/mol. The molecule has 0 unspecified atom stereocenters. The largest absolute Gasteiger partial charge is 0.392 e. The number of hydrogen-bond acceptors (Lipinski definition) is 1. The maximum absolute atomic E-state index is 9.26. The quantitative estimate of drug-likeness (QED) is 0.659. The number of fused-ring (bicyclic) bond motifs is 3. The van der Waals surface area contributed by atoms with E-state index in [0.717, 1.165) is 17.8 Å². The summed E-state index contributed by atoms with van der Waals surface area (Å²) in [5.74, 6) is 3.41. The summed E-state index contributed by atoms with van der Waals surface area (Å²) < 4.78 is 0. The van der Waals surface area contributed by atoms with Crippen LogP contribution in [0.4, 0.5) is 0 Å². The van der Waals surface area contributed by atoms with Crippen molar-refractivity contribution in [3.63, 3.8) is 0 Å². The highest BCUT2D eigenvalue weighted by atomic mass is 16.2. The lowest BCUT2D eigenvalue weighted by atomic mass is 9.43. The van der Waals surface area contributed by atoms with Crippen molar-refractivity contribution in [1.29, 1.82) is 0 Å². The second-order valence-electron chi connectivity index (χ2n) is 9.04. The minimum atomic E-state index is 0.226. The number of rotatable bonds is 1. The lowest BCUT2D eigenvalue weighted by Gasteiger charge is -2.62. The molecule has 3 fully saturated rings. The van der Waals surface area contributed by atoms with Crippen LogP contribution in [0.25, 0.3) is 0 Å². The minimum Gasteiger partial charge on any atom is -0.392 e. The van der Waals surface area contributed by atoms with Gasteiger partial charge in [-0.1, -0.05) is 45.8 Å². The molecule has 0 aromatic heterocycles. The van der Waals surface area contributed by atoms with E-state index in [1.165, 1.54) is 50.5 Å². The monoisotopic (exact) mass is 290 g/mol. The zero-order chi connectivity index (χ0) is 15.3. The van der Waals surface area contributed by atoms with Crippen molar-refractivity contribution in [2.45, 2.75) is 72.6 Å². The normalized spacial score (nSPS) is 47.8. The van der Waals surface area contributed by atoms with E-state index in [1.807, 2.05) is 0 Å². The number of aliphatic hydroxyl groups excluding tert-OH is 1. The van der Waals surface area contributed by atoms with Gasteiger partial charge in [-0.25, -0.2) is 0 Å². The number of aliphatic hydroxyl groups is 1. The SMILES string of the molecule is C[C@H]1/C(=C/CO)CC[C@H]2[C@H]1CC[C@H]1C(C)(C)CCC[C@]21C. The zero-order valence-corrected chi connectivity index (χ0v) is 14.5. The first-order valence-electron chi connectivity index (χ1n) is 9.20. The van der Waals surface area contributed by atoms with Gasteiger partial charge in [0.25, 0.3) is 0 Å². The van der Waals surface area contributed by atoms with Gasteiger partial charge in [0, 0.05) is 0 Å². The van der Waals surface area contributed by atoms with Crippen molar-refractivity contribution < 1.29 is 5.11 Å². The van der Waals surface area contributed by atoms with E-state index in [-0.39, 0.29) is 6.61 Å². The van der Waals surface area contributed by atoms with Gasteiger partial charge in [0.15, 0.2) is 0 Å². The summed E-state index contributed by atoms with van der Waals surface area (Å²) in [6, 6.07) is 0. The standard InChI is InChI=1S/C20H34O/c1-14-15(10-13-21)6-8-17-16(14)7-9-18-19(2,3)11-5-12-20(17,18)4/h10,14,16-18,21H,5-9,11-13H2,1-4H3/b15-10+/t14-,16-,17-,18-,20+/m0/s1. The van der Waals surface area contributed by atoms with Crippen molar-refractivity contribution in [2.24, 2.45) is 34.5 Å². The molecule has 0 radical (unpaired) electrons. The third kappa shape index (κ3) is 2.40. The van der Waals surface area contributed by atoms with Crippen molar-refractivity contribution in [1.82, 2.24) is 0 Å². The molecule has 3 saturated carbocycles. The maximum atomic E-state index is 9.26. The molecule has 5 atom stereocenters. The van der Waals surface area contributed by atoms with Crippen molar-refractivity contribution in [2.75, 3.05) is 6.61 Å². The Bertz CT molecular complexity index is 422. The number of hydrogen-bond donors (Lipinski definition) is 1. The lowest BCUT2D eigenvalue weighted by molar-refractivity contribution is -0.113. The molecule has 120 valence electrons. The molecule has 0 aromatic carbocycles. The summed E-state index contributed by atoms with van der Waals surface area (Å²) in [6.07, 6.45) is 11.8. The third-order valence-electron chi connectivity index (χ3n) is 7.75. The first-order valence-corrected chi connectivity index (χ1v) is 9.20. The summed E-state index contributed by atoms with van der Waals surface area (Å²) in [5, 5.41) is 9.26. The Hall–Kier alpha value is -0.300. The smallest absolute Gasteiger partial charge is 0.0615 e. The summed E-state index contributed by atoms with van der Waals surface area (Å²) in [7, 11) is 0. The van der Waals surface area contributed by atoms with Gasteiger partial charge in [0.05, 0.1) is 6.61 Å². The highest BCUT2D eigenvalue weighted by molar-refractivity contribution is 5.16. The molecule has 3 aliphatic rings. The van der Waals surface area contributed by atoms with Gasteiger partial charge < -0.3 is 5.11 Å². The fourth-order valence-electron chi connectivity index (χ4n) is 6.75. The van der Waals surface area contributed by atoms with Crippen LogP contribution in [-0.2, 0) is 0 Å². The summed E-state index contributed by atoms with van der Waals surface area (Å²) in [6.45, 7) is 10.3. The Balaban J connectivity index is 1.88. The second-order valence-corrected chi connectivity index (χ2v) is 9.04. The van der Waals surface area contributed by atoms with Crippen molar-refractivity contribution >= 4 is 0 Å². The average Bonchev–Trinajstić information content (AvgIpc) is 2.41. The molecule has 0 heterocycles. The van der Waals surface area contributed by atoms with Crippen LogP contribution in [0.3, 0.4) is 0 Å². The molecule has 0 bridgehead atoms. The molecule has 3 aliphatic carbocycles. The van der Waals surface area contributed by atoms with E-state index in [1.54, 1.807) is 0 Å². The molecule has 1 N–H and O–H groups in total. The highest BCUT2D eigenvalue weighted by Gasteiger charge is 2.56. The summed E-state index contributed by atoms with van der Waals surface area (Å²) in [5.41, 5.74) is 2.65. The van der Waals surface area contributed by atoms with E-state index in [0.29, 0.717) is 16.7 Å². The Labute approximate surface area is 131 Å². The third-order valence-corrected chi connectivity index (χ3v) is 7.75. The van der Waals surface area contributed by atoms with Crippen LogP contribution in [-0.4, -0.2) is 11.7 Å². The van der Waals surface area contributed by atoms with E-state index in [9.17, 15) is 5.11 Å². The van der Waals surface area contributed by atoms with Crippen LogP contribution in [0.2, 0.25) is 0 Å². The van der Waals surface area contributed by atoms with Gasteiger partial charge >= 0.3 is 0 Å². The predicted octanol–water partition coefficient (Wildman–Crippen LogP) is 5.19. The van der Waals surface area contributed by atoms with E-state index < -0.39 is 0 Å². The fraction of sp³-hybridized carbons (Fsp3) is 0.900. The van der Waals surface area contributed by atoms with Gasteiger partial charge in [-0.3, -0.25) is 0 Å². The summed E-state index contributed by atoms with van der Waals surface area (Å²) in [4.78, 5) is 0. The molecule has 0 aromatic rings. The highest BCUT2D eigenvalue weighted by Crippen LogP contribution is 2.64. The number of allylic oxidation sites excluding steroid dienone is 1. The molecule has 0 aliphatic heterocycles.